The third-order valence-corrected chi connectivity index (χ3v) is 3.35. The van der Waals surface area contributed by atoms with Gasteiger partial charge in [0, 0.05) is 10.9 Å². The highest BCUT2D eigenvalue weighted by Gasteiger charge is 2.14. The Morgan fingerprint density at radius 1 is 1.50 bits per heavy atom. The molecule has 0 saturated carbocycles. The zero-order valence-electron chi connectivity index (χ0n) is 8.39. The first-order valence-electron chi connectivity index (χ1n) is 4.46. The highest BCUT2D eigenvalue weighted by molar-refractivity contribution is 7.21. The van der Waals surface area contributed by atoms with Crippen molar-refractivity contribution in [3.63, 3.8) is 0 Å². The van der Waals surface area contributed by atoms with Crippen molar-refractivity contribution in [2.45, 2.75) is 0 Å². The van der Waals surface area contributed by atoms with Crippen molar-refractivity contribution in [2.75, 3.05) is 7.11 Å². The maximum Gasteiger partial charge on any atom is 0.348 e. The summed E-state index contributed by atoms with van der Waals surface area (Å²) in [5.41, 5.74) is 0.444. The standard InChI is InChI=1S/C11H8O4S/c1-15-11(14)9-4-7-6(5-12)2-3-8(13)10(7)16-9/h2-5,13H,1H3. The summed E-state index contributed by atoms with van der Waals surface area (Å²) in [5, 5.41) is 10.2. The predicted octanol–water partition coefficient (Wildman–Crippen LogP) is 2.21. The molecular formula is C11H8O4S. The molecule has 4 nitrogen and oxygen atoms in total. The normalized spacial score (nSPS) is 10.3. The molecule has 0 unspecified atom stereocenters. The highest BCUT2D eigenvalue weighted by Crippen LogP contribution is 2.34. The summed E-state index contributed by atoms with van der Waals surface area (Å²) in [5.74, 6) is -0.418. The molecule has 0 aliphatic carbocycles. The van der Waals surface area contributed by atoms with Crippen molar-refractivity contribution in [1.82, 2.24) is 0 Å². The number of fused-ring (bicyclic) bond motifs is 1. The Labute approximate surface area is 95.1 Å². The quantitative estimate of drug-likeness (QED) is 0.641. The van der Waals surface area contributed by atoms with E-state index in [4.69, 9.17) is 0 Å². The molecule has 5 heteroatoms. The smallest absolute Gasteiger partial charge is 0.348 e. The lowest BCUT2D eigenvalue weighted by Crippen LogP contribution is -1.96. The summed E-state index contributed by atoms with van der Waals surface area (Å²) in [7, 11) is 1.28. The van der Waals surface area contributed by atoms with Gasteiger partial charge in [-0.2, -0.15) is 0 Å². The lowest BCUT2D eigenvalue weighted by Gasteiger charge is -1.95. The summed E-state index contributed by atoms with van der Waals surface area (Å²) in [4.78, 5) is 22.5. The zero-order valence-corrected chi connectivity index (χ0v) is 9.21. The molecule has 1 aromatic carbocycles. The van der Waals surface area contributed by atoms with Gasteiger partial charge >= 0.3 is 5.97 Å². The van der Waals surface area contributed by atoms with Gasteiger partial charge in [-0.3, -0.25) is 4.79 Å². The molecule has 0 amide bonds. The van der Waals surface area contributed by atoms with Crippen LogP contribution in [-0.4, -0.2) is 24.5 Å². The van der Waals surface area contributed by atoms with Gasteiger partial charge in [-0.25, -0.2) is 4.79 Å². The number of carbonyl (C=O) groups is 2. The second-order valence-electron chi connectivity index (χ2n) is 3.14. The SMILES string of the molecule is COC(=O)c1cc2c(C=O)ccc(O)c2s1. The minimum absolute atomic E-state index is 0.0563. The van der Waals surface area contributed by atoms with Crippen LogP contribution in [0.2, 0.25) is 0 Å². The first-order chi connectivity index (χ1) is 7.67. The van der Waals surface area contributed by atoms with Crippen LogP contribution >= 0.6 is 11.3 Å². The number of ether oxygens (including phenoxy) is 1. The molecule has 0 radical (unpaired) electrons. The maximum absolute atomic E-state index is 11.3. The van der Waals surface area contributed by atoms with E-state index in [0.717, 1.165) is 11.3 Å². The molecular weight excluding hydrogens is 228 g/mol. The number of benzene rings is 1. The average molecular weight is 236 g/mol. The van der Waals surface area contributed by atoms with Crippen LogP contribution in [0.15, 0.2) is 18.2 Å². The van der Waals surface area contributed by atoms with Crippen LogP contribution in [0, 0.1) is 0 Å². The van der Waals surface area contributed by atoms with E-state index in [1.807, 2.05) is 0 Å². The number of carbonyl (C=O) groups excluding carboxylic acids is 2. The van der Waals surface area contributed by atoms with Crippen molar-refractivity contribution in [3.05, 3.63) is 28.6 Å². The first kappa shape index (κ1) is 10.6. The van der Waals surface area contributed by atoms with E-state index >= 15 is 0 Å². The van der Waals surface area contributed by atoms with Crippen molar-refractivity contribution in [2.24, 2.45) is 0 Å². The topological polar surface area (TPSA) is 63.6 Å². The van der Waals surface area contributed by atoms with Crippen LogP contribution in [-0.2, 0) is 4.74 Å². The monoisotopic (exact) mass is 236 g/mol. The summed E-state index contributed by atoms with van der Waals surface area (Å²) < 4.78 is 5.10. The van der Waals surface area contributed by atoms with E-state index in [-0.39, 0.29) is 5.75 Å². The van der Waals surface area contributed by atoms with Crippen LogP contribution in [0.3, 0.4) is 0 Å². The van der Waals surface area contributed by atoms with Crippen LogP contribution in [0.5, 0.6) is 5.75 Å². The van der Waals surface area contributed by atoms with Gasteiger partial charge in [0.2, 0.25) is 0 Å². The second-order valence-corrected chi connectivity index (χ2v) is 4.19. The van der Waals surface area contributed by atoms with E-state index in [1.165, 1.54) is 19.2 Å². The van der Waals surface area contributed by atoms with Crippen molar-refractivity contribution in [1.29, 1.82) is 0 Å². The van der Waals surface area contributed by atoms with Gasteiger partial charge in [-0.05, 0) is 18.2 Å². The minimum atomic E-state index is -0.475. The number of aldehydes is 1. The maximum atomic E-state index is 11.3. The number of hydrogen-bond acceptors (Lipinski definition) is 5. The molecule has 0 aliphatic rings. The fourth-order valence-corrected chi connectivity index (χ4v) is 2.46. The molecule has 1 aromatic heterocycles. The van der Waals surface area contributed by atoms with Gasteiger partial charge in [0.15, 0.2) is 6.29 Å². The number of aromatic hydroxyl groups is 1. The molecule has 82 valence electrons. The summed E-state index contributed by atoms with van der Waals surface area (Å²) >= 11 is 1.10. The molecule has 0 spiro atoms. The Kier molecular flexibility index (Phi) is 2.62. The van der Waals surface area contributed by atoms with Gasteiger partial charge in [-0.15, -0.1) is 11.3 Å². The van der Waals surface area contributed by atoms with Gasteiger partial charge in [-0.1, -0.05) is 0 Å². The highest BCUT2D eigenvalue weighted by atomic mass is 32.1. The molecule has 2 aromatic rings. The van der Waals surface area contributed by atoms with Gasteiger partial charge < -0.3 is 9.84 Å². The predicted molar refractivity (Wildman–Crippen MR) is 60.2 cm³/mol. The summed E-state index contributed by atoms with van der Waals surface area (Å²) in [6, 6.07) is 4.50. The lowest BCUT2D eigenvalue weighted by molar-refractivity contribution is 0.0606. The third kappa shape index (κ3) is 1.55. The van der Waals surface area contributed by atoms with Gasteiger partial charge in [0.1, 0.15) is 10.6 Å². The minimum Gasteiger partial charge on any atom is -0.506 e. The Morgan fingerprint density at radius 2 is 2.25 bits per heavy atom. The molecule has 0 fully saturated rings. The Hall–Kier alpha value is -1.88. The Bertz CT molecular complexity index is 571. The number of phenols is 1. The van der Waals surface area contributed by atoms with E-state index in [9.17, 15) is 14.7 Å². The van der Waals surface area contributed by atoms with Crippen molar-refractivity contribution in [3.8, 4) is 5.75 Å². The fourth-order valence-electron chi connectivity index (χ4n) is 1.43. The Balaban J connectivity index is 2.72. The first-order valence-corrected chi connectivity index (χ1v) is 5.28. The number of phenolic OH excluding ortho intramolecular Hbond substituents is 1. The van der Waals surface area contributed by atoms with E-state index in [2.05, 4.69) is 4.74 Å². The zero-order chi connectivity index (χ0) is 11.7. The largest absolute Gasteiger partial charge is 0.506 e. The molecule has 1 N–H and O–H groups in total. The number of hydrogen-bond donors (Lipinski definition) is 1. The Morgan fingerprint density at radius 3 is 2.88 bits per heavy atom. The number of rotatable bonds is 2. The van der Waals surface area contributed by atoms with E-state index in [0.29, 0.717) is 26.8 Å². The van der Waals surface area contributed by atoms with E-state index in [1.54, 1.807) is 6.07 Å². The van der Waals surface area contributed by atoms with Crippen molar-refractivity contribution >= 4 is 33.7 Å². The molecule has 2 rings (SSSR count). The summed E-state index contributed by atoms with van der Waals surface area (Å²) in [6.45, 7) is 0. The molecule has 0 aliphatic heterocycles. The molecule has 0 saturated heterocycles. The summed E-state index contributed by atoms with van der Waals surface area (Å²) in [6.07, 6.45) is 0.690. The molecule has 0 bridgehead atoms. The molecule has 16 heavy (non-hydrogen) atoms. The van der Waals surface area contributed by atoms with Gasteiger partial charge in [0.25, 0.3) is 0 Å². The molecule has 1 heterocycles. The van der Waals surface area contributed by atoms with Crippen LogP contribution in [0.25, 0.3) is 10.1 Å². The fraction of sp³-hybridized carbons (Fsp3) is 0.0909. The van der Waals surface area contributed by atoms with E-state index < -0.39 is 5.97 Å². The van der Waals surface area contributed by atoms with Crippen LogP contribution < -0.4 is 0 Å². The average Bonchev–Trinajstić information content (AvgIpc) is 2.74. The third-order valence-electron chi connectivity index (χ3n) is 2.21. The molecule has 0 atom stereocenters. The van der Waals surface area contributed by atoms with Gasteiger partial charge in [0.05, 0.1) is 11.8 Å². The second kappa shape index (κ2) is 3.94. The lowest BCUT2D eigenvalue weighted by atomic mass is 10.1. The number of methoxy groups -OCH3 is 1. The number of esters is 1. The van der Waals surface area contributed by atoms with Crippen LogP contribution in [0.4, 0.5) is 0 Å². The van der Waals surface area contributed by atoms with Crippen molar-refractivity contribution < 1.29 is 19.4 Å². The number of thiophene rings is 1. The van der Waals surface area contributed by atoms with Crippen LogP contribution in [0.1, 0.15) is 20.0 Å².